The molecule has 7 heteroatoms. The van der Waals surface area contributed by atoms with E-state index in [0.717, 1.165) is 0 Å². The predicted octanol–water partition coefficient (Wildman–Crippen LogP) is 2.35. The zero-order chi connectivity index (χ0) is 13.0. The second-order valence-electron chi connectivity index (χ2n) is 3.71. The number of pyridine rings is 1. The first-order valence-corrected chi connectivity index (χ1v) is 5.71. The Labute approximate surface area is 110 Å². The summed E-state index contributed by atoms with van der Waals surface area (Å²) in [6.07, 6.45) is 1.93. The van der Waals surface area contributed by atoms with Gasteiger partial charge in [0.15, 0.2) is 0 Å². The van der Waals surface area contributed by atoms with E-state index >= 15 is 0 Å². The molecule has 94 valence electrons. The molecule has 1 atom stereocenters. The van der Waals surface area contributed by atoms with E-state index in [0.29, 0.717) is 22.3 Å². The molecule has 1 rings (SSSR count). The van der Waals surface area contributed by atoms with E-state index in [1.165, 1.54) is 6.20 Å². The average Bonchev–Trinajstić information content (AvgIpc) is 2.28. The number of hydrogen-bond acceptors (Lipinski definition) is 4. The van der Waals surface area contributed by atoms with Gasteiger partial charge in [0.05, 0.1) is 10.0 Å². The van der Waals surface area contributed by atoms with E-state index in [1.807, 2.05) is 18.9 Å². The maximum Gasteiger partial charge on any atom is 0.147 e. The first kappa shape index (κ1) is 13.9. The number of anilines is 1. The molecule has 0 amide bonds. The number of halogens is 2. The fourth-order valence-corrected chi connectivity index (χ4v) is 1.87. The van der Waals surface area contributed by atoms with Gasteiger partial charge in [-0.3, -0.25) is 0 Å². The second kappa shape index (κ2) is 5.93. The zero-order valence-corrected chi connectivity index (χ0v) is 11.1. The van der Waals surface area contributed by atoms with Crippen LogP contribution in [-0.4, -0.2) is 29.1 Å². The van der Waals surface area contributed by atoms with Crippen LogP contribution in [0.25, 0.3) is 0 Å². The van der Waals surface area contributed by atoms with Gasteiger partial charge in [-0.25, -0.2) is 4.98 Å². The number of aromatic nitrogens is 1. The minimum Gasteiger partial charge on any atom is -0.409 e. The van der Waals surface area contributed by atoms with Crippen molar-refractivity contribution in [3.05, 3.63) is 22.3 Å². The molecule has 0 radical (unpaired) electrons. The number of hydrogen-bond donors (Lipinski definition) is 2. The number of nitrogens with two attached hydrogens (primary N) is 1. The van der Waals surface area contributed by atoms with Gasteiger partial charge in [-0.05, 0) is 13.0 Å². The van der Waals surface area contributed by atoms with E-state index in [4.69, 9.17) is 34.1 Å². The zero-order valence-electron chi connectivity index (χ0n) is 9.56. The molecule has 0 saturated heterocycles. The van der Waals surface area contributed by atoms with Crippen molar-refractivity contribution in [1.29, 1.82) is 0 Å². The van der Waals surface area contributed by atoms with Gasteiger partial charge in [0.1, 0.15) is 11.7 Å². The van der Waals surface area contributed by atoms with Crippen molar-refractivity contribution in [2.24, 2.45) is 10.9 Å². The summed E-state index contributed by atoms with van der Waals surface area (Å²) in [7, 11) is 1.83. The standard InChI is InChI=1S/C10H14Cl2N4O/c1-6(3-9(13)15-17)16(2)10-8(12)4-7(11)5-14-10/h4-6,17H,3H2,1-2H3,(H2,13,15). The summed E-state index contributed by atoms with van der Waals surface area (Å²) in [5.41, 5.74) is 5.45. The molecule has 0 aliphatic rings. The fraction of sp³-hybridized carbons (Fsp3) is 0.400. The summed E-state index contributed by atoms with van der Waals surface area (Å²) in [6.45, 7) is 1.92. The highest BCUT2D eigenvalue weighted by molar-refractivity contribution is 6.36. The van der Waals surface area contributed by atoms with Gasteiger partial charge in [-0.1, -0.05) is 28.4 Å². The van der Waals surface area contributed by atoms with Crippen LogP contribution in [0.2, 0.25) is 10.0 Å². The predicted molar refractivity (Wildman–Crippen MR) is 70.1 cm³/mol. The first-order chi connectivity index (χ1) is 7.95. The van der Waals surface area contributed by atoms with Crippen molar-refractivity contribution < 1.29 is 5.21 Å². The summed E-state index contributed by atoms with van der Waals surface area (Å²) < 4.78 is 0. The lowest BCUT2D eigenvalue weighted by molar-refractivity contribution is 0.316. The molecule has 1 aromatic rings. The Hall–Kier alpha value is -1.20. The quantitative estimate of drug-likeness (QED) is 0.383. The Bertz CT molecular complexity index is 425. The molecule has 5 nitrogen and oxygen atoms in total. The van der Waals surface area contributed by atoms with E-state index in [1.54, 1.807) is 6.07 Å². The highest BCUT2D eigenvalue weighted by atomic mass is 35.5. The minimum atomic E-state index is -0.00271. The molecule has 0 aliphatic carbocycles. The third-order valence-electron chi connectivity index (χ3n) is 2.42. The molecule has 1 unspecified atom stereocenters. The number of oxime groups is 1. The van der Waals surface area contributed by atoms with E-state index < -0.39 is 0 Å². The lowest BCUT2D eigenvalue weighted by Gasteiger charge is -2.26. The van der Waals surface area contributed by atoms with Crippen LogP contribution >= 0.6 is 23.2 Å². The van der Waals surface area contributed by atoms with Crippen LogP contribution in [0.5, 0.6) is 0 Å². The van der Waals surface area contributed by atoms with Crippen molar-refractivity contribution in [2.75, 3.05) is 11.9 Å². The van der Waals surface area contributed by atoms with Crippen LogP contribution in [0.4, 0.5) is 5.82 Å². The van der Waals surface area contributed by atoms with Crippen molar-refractivity contribution >= 4 is 34.9 Å². The minimum absolute atomic E-state index is 0.00271. The summed E-state index contributed by atoms with van der Waals surface area (Å²) >= 11 is 11.8. The first-order valence-electron chi connectivity index (χ1n) is 4.96. The molecule has 0 spiro atoms. The maximum atomic E-state index is 8.51. The van der Waals surface area contributed by atoms with Crippen LogP contribution in [0.3, 0.4) is 0 Å². The molecule has 0 saturated carbocycles. The summed E-state index contributed by atoms with van der Waals surface area (Å²) in [4.78, 5) is 5.99. The van der Waals surface area contributed by atoms with Crippen LogP contribution in [0.1, 0.15) is 13.3 Å². The van der Waals surface area contributed by atoms with Crippen molar-refractivity contribution in [3.63, 3.8) is 0 Å². The molecule has 0 aromatic carbocycles. The molecule has 3 N–H and O–H groups in total. The van der Waals surface area contributed by atoms with Gasteiger partial charge in [0.2, 0.25) is 0 Å². The fourth-order valence-electron chi connectivity index (χ4n) is 1.36. The van der Waals surface area contributed by atoms with Gasteiger partial charge in [-0.2, -0.15) is 0 Å². The van der Waals surface area contributed by atoms with Crippen molar-refractivity contribution in [3.8, 4) is 0 Å². The Kier molecular flexibility index (Phi) is 4.84. The van der Waals surface area contributed by atoms with Crippen molar-refractivity contribution in [2.45, 2.75) is 19.4 Å². The number of rotatable bonds is 4. The SMILES string of the molecule is CC(C/C(N)=N/O)N(C)c1ncc(Cl)cc1Cl. The lowest BCUT2D eigenvalue weighted by atomic mass is 10.2. The molecule has 17 heavy (non-hydrogen) atoms. The molecule has 1 aromatic heterocycles. The third-order valence-corrected chi connectivity index (χ3v) is 2.90. The van der Waals surface area contributed by atoms with Gasteiger partial charge in [-0.15, -0.1) is 0 Å². The number of nitrogens with zero attached hydrogens (tertiary/aromatic N) is 3. The van der Waals surface area contributed by atoms with Crippen molar-refractivity contribution in [1.82, 2.24) is 4.98 Å². The maximum absolute atomic E-state index is 8.51. The topological polar surface area (TPSA) is 74.7 Å². The molecule has 0 fully saturated rings. The Balaban J connectivity index is 2.85. The normalized spacial score (nSPS) is 13.5. The summed E-state index contributed by atoms with van der Waals surface area (Å²) in [6, 6.07) is 1.62. The van der Waals surface area contributed by atoms with Crippen LogP contribution in [0, 0.1) is 0 Å². The Morgan fingerprint density at radius 3 is 2.82 bits per heavy atom. The number of amidine groups is 1. The van der Waals surface area contributed by atoms with Crippen LogP contribution in [-0.2, 0) is 0 Å². The average molecular weight is 277 g/mol. The monoisotopic (exact) mass is 276 g/mol. The van der Waals surface area contributed by atoms with Crippen LogP contribution < -0.4 is 10.6 Å². The molecular weight excluding hydrogens is 263 g/mol. The van der Waals surface area contributed by atoms with Gasteiger partial charge in [0, 0.05) is 25.7 Å². The van der Waals surface area contributed by atoms with Gasteiger partial charge in [0.25, 0.3) is 0 Å². The van der Waals surface area contributed by atoms with Crippen LogP contribution in [0.15, 0.2) is 17.4 Å². The largest absolute Gasteiger partial charge is 0.409 e. The van der Waals surface area contributed by atoms with E-state index in [9.17, 15) is 0 Å². The van der Waals surface area contributed by atoms with Gasteiger partial charge < -0.3 is 15.8 Å². The van der Waals surface area contributed by atoms with E-state index in [-0.39, 0.29) is 11.9 Å². The highest BCUT2D eigenvalue weighted by Crippen LogP contribution is 2.26. The molecule has 0 bridgehead atoms. The third kappa shape index (κ3) is 3.64. The van der Waals surface area contributed by atoms with E-state index in [2.05, 4.69) is 10.1 Å². The van der Waals surface area contributed by atoms with Gasteiger partial charge >= 0.3 is 0 Å². The lowest BCUT2D eigenvalue weighted by Crippen LogP contribution is -2.33. The molecule has 1 heterocycles. The summed E-state index contributed by atoms with van der Waals surface area (Å²) in [5, 5.41) is 12.4. The molecular formula is C10H14Cl2N4O. The smallest absolute Gasteiger partial charge is 0.147 e. The highest BCUT2D eigenvalue weighted by Gasteiger charge is 2.16. The molecule has 0 aliphatic heterocycles. The second-order valence-corrected chi connectivity index (χ2v) is 4.56. The Morgan fingerprint density at radius 2 is 2.29 bits per heavy atom. The summed E-state index contributed by atoms with van der Waals surface area (Å²) in [5.74, 6) is 0.767. The Morgan fingerprint density at radius 1 is 1.65 bits per heavy atom.